The highest BCUT2D eigenvalue weighted by Gasteiger charge is 2.21. The Hall–Kier alpha value is -3.07. The molecule has 0 spiro atoms. The third-order valence-electron chi connectivity index (χ3n) is 4.83. The molecule has 1 aliphatic rings. The van der Waals surface area contributed by atoms with Gasteiger partial charge in [0.05, 0.1) is 10.7 Å². The second kappa shape index (κ2) is 10.6. The molecule has 0 unspecified atom stereocenters. The quantitative estimate of drug-likeness (QED) is 0.394. The molecule has 0 saturated carbocycles. The first-order valence-electron chi connectivity index (χ1n) is 9.74. The van der Waals surface area contributed by atoms with Crippen LogP contribution in [-0.2, 0) is 9.59 Å². The molecule has 30 heavy (non-hydrogen) atoms. The Morgan fingerprint density at radius 3 is 2.30 bits per heavy atom. The lowest BCUT2D eigenvalue weighted by molar-refractivity contribution is -0.384. The number of para-hydroxylation sites is 1. The van der Waals surface area contributed by atoms with Crippen molar-refractivity contribution < 1.29 is 14.5 Å². The van der Waals surface area contributed by atoms with E-state index in [0.717, 1.165) is 18.0 Å². The molecule has 0 aromatic heterocycles. The van der Waals surface area contributed by atoms with Gasteiger partial charge in [0, 0.05) is 61.9 Å². The summed E-state index contributed by atoms with van der Waals surface area (Å²) in [4.78, 5) is 39.4. The van der Waals surface area contributed by atoms with E-state index in [-0.39, 0.29) is 29.7 Å². The smallest absolute Gasteiger partial charge is 0.269 e. The molecule has 2 amide bonds. The highest BCUT2D eigenvalue weighted by Crippen LogP contribution is 2.21. The van der Waals surface area contributed by atoms with Crippen LogP contribution < -0.4 is 10.2 Å². The van der Waals surface area contributed by atoms with E-state index in [0.29, 0.717) is 19.6 Å². The SMILES string of the molecule is O=C(CSc1ccc([N+](=O)[O-])cc1)NCCC(=O)N1CCN(c2ccccc2)CC1. The average Bonchev–Trinajstić information content (AvgIpc) is 2.78. The zero-order valence-corrected chi connectivity index (χ0v) is 17.3. The van der Waals surface area contributed by atoms with E-state index < -0.39 is 4.92 Å². The number of anilines is 1. The van der Waals surface area contributed by atoms with Crippen molar-refractivity contribution >= 4 is 35.0 Å². The summed E-state index contributed by atoms with van der Waals surface area (Å²) in [6.07, 6.45) is 0.277. The molecular formula is C21H24N4O4S. The topological polar surface area (TPSA) is 95.8 Å². The average molecular weight is 429 g/mol. The van der Waals surface area contributed by atoms with Crippen LogP contribution in [0.4, 0.5) is 11.4 Å². The number of benzene rings is 2. The first kappa shape index (κ1) is 21.6. The van der Waals surface area contributed by atoms with Crippen LogP contribution in [0.5, 0.6) is 0 Å². The van der Waals surface area contributed by atoms with Crippen LogP contribution in [0.15, 0.2) is 59.5 Å². The summed E-state index contributed by atoms with van der Waals surface area (Å²) in [6, 6.07) is 16.2. The Labute approximate surface area is 179 Å². The number of hydrogen-bond donors (Lipinski definition) is 1. The van der Waals surface area contributed by atoms with Gasteiger partial charge < -0.3 is 15.1 Å². The molecule has 1 saturated heterocycles. The Morgan fingerprint density at radius 2 is 1.67 bits per heavy atom. The maximum absolute atomic E-state index is 12.4. The molecule has 0 atom stereocenters. The van der Waals surface area contributed by atoms with Crippen LogP contribution in [0.25, 0.3) is 0 Å². The van der Waals surface area contributed by atoms with Crippen LogP contribution in [0.2, 0.25) is 0 Å². The molecule has 1 aliphatic heterocycles. The number of carbonyl (C=O) groups is 2. The predicted octanol–water partition coefficient (Wildman–Crippen LogP) is 2.54. The summed E-state index contributed by atoms with van der Waals surface area (Å²) in [5, 5.41) is 13.4. The van der Waals surface area contributed by atoms with Crippen LogP contribution in [0.1, 0.15) is 6.42 Å². The molecule has 1 fully saturated rings. The monoisotopic (exact) mass is 428 g/mol. The van der Waals surface area contributed by atoms with Gasteiger partial charge in [-0.15, -0.1) is 11.8 Å². The third-order valence-corrected chi connectivity index (χ3v) is 5.84. The van der Waals surface area contributed by atoms with Crippen LogP contribution >= 0.6 is 11.8 Å². The summed E-state index contributed by atoms with van der Waals surface area (Å²) >= 11 is 1.30. The Morgan fingerprint density at radius 1 is 1.00 bits per heavy atom. The second-order valence-corrected chi connectivity index (χ2v) is 7.89. The van der Waals surface area contributed by atoms with E-state index >= 15 is 0 Å². The largest absolute Gasteiger partial charge is 0.368 e. The maximum Gasteiger partial charge on any atom is 0.269 e. The molecule has 1 heterocycles. The zero-order valence-electron chi connectivity index (χ0n) is 16.5. The Bertz CT molecular complexity index is 868. The summed E-state index contributed by atoms with van der Waals surface area (Å²) in [6.45, 7) is 3.26. The molecule has 8 nitrogen and oxygen atoms in total. The second-order valence-electron chi connectivity index (χ2n) is 6.84. The lowest BCUT2D eigenvalue weighted by Gasteiger charge is -2.36. The van der Waals surface area contributed by atoms with Crippen LogP contribution in [0.3, 0.4) is 0 Å². The van der Waals surface area contributed by atoms with E-state index in [9.17, 15) is 19.7 Å². The van der Waals surface area contributed by atoms with Gasteiger partial charge in [0.15, 0.2) is 0 Å². The fourth-order valence-corrected chi connectivity index (χ4v) is 3.91. The fraction of sp³-hybridized carbons (Fsp3) is 0.333. The minimum absolute atomic E-state index is 0.0203. The number of amides is 2. The van der Waals surface area contributed by atoms with Crippen molar-refractivity contribution in [2.75, 3.05) is 43.4 Å². The zero-order chi connectivity index (χ0) is 21.3. The number of nitrogens with one attached hydrogen (secondary N) is 1. The van der Waals surface area contributed by atoms with E-state index in [2.05, 4.69) is 22.3 Å². The van der Waals surface area contributed by atoms with Crippen molar-refractivity contribution in [3.05, 3.63) is 64.7 Å². The predicted molar refractivity (Wildman–Crippen MR) is 117 cm³/mol. The molecule has 3 rings (SSSR count). The number of piperazine rings is 1. The number of rotatable bonds is 8. The van der Waals surface area contributed by atoms with E-state index in [4.69, 9.17) is 0 Å². The molecular weight excluding hydrogens is 404 g/mol. The van der Waals surface area contributed by atoms with Gasteiger partial charge in [0.25, 0.3) is 5.69 Å². The van der Waals surface area contributed by atoms with Crippen molar-refractivity contribution in [2.24, 2.45) is 0 Å². The van der Waals surface area contributed by atoms with Gasteiger partial charge >= 0.3 is 0 Å². The number of nitro benzene ring substituents is 1. The van der Waals surface area contributed by atoms with Gasteiger partial charge in [-0.1, -0.05) is 18.2 Å². The maximum atomic E-state index is 12.4. The lowest BCUT2D eigenvalue weighted by atomic mass is 10.2. The standard InChI is InChI=1S/C21H24N4O4S/c26-20(16-30-19-8-6-18(7-9-19)25(28)29)22-11-10-21(27)24-14-12-23(13-15-24)17-4-2-1-3-5-17/h1-9H,10-16H2,(H,22,26). The third kappa shape index (κ3) is 6.21. The van der Waals surface area contributed by atoms with Crippen LogP contribution in [-0.4, -0.2) is 60.1 Å². The summed E-state index contributed by atoms with van der Waals surface area (Å²) in [5.74, 6) is 0.0768. The number of carbonyl (C=O) groups excluding carboxylic acids is 2. The number of hydrogen-bond acceptors (Lipinski definition) is 6. The van der Waals surface area contributed by atoms with Gasteiger partial charge in [-0.05, 0) is 24.3 Å². The number of nitro groups is 1. The van der Waals surface area contributed by atoms with Crippen molar-refractivity contribution in [2.45, 2.75) is 11.3 Å². The molecule has 158 valence electrons. The summed E-state index contributed by atoms with van der Waals surface area (Å²) in [7, 11) is 0. The van der Waals surface area contributed by atoms with Gasteiger partial charge in [-0.2, -0.15) is 0 Å². The highest BCUT2D eigenvalue weighted by atomic mass is 32.2. The first-order chi connectivity index (χ1) is 14.5. The lowest BCUT2D eigenvalue weighted by Crippen LogP contribution is -2.49. The fourth-order valence-electron chi connectivity index (χ4n) is 3.18. The van der Waals surface area contributed by atoms with Gasteiger partial charge in [-0.3, -0.25) is 19.7 Å². The van der Waals surface area contributed by atoms with Gasteiger partial charge in [0.2, 0.25) is 11.8 Å². The molecule has 9 heteroatoms. The van der Waals surface area contributed by atoms with Crippen LogP contribution in [0, 0.1) is 10.1 Å². The van der Waals surface area contributed by atoms with Crippen molar-refractivity contribution in [3.8, 4) is 0 Å². The molecule has 0 radical (unpaired) electrons. The molecule has 1 N–H and O–H groups in total. The van der Waals surface area contributed by atoms with Crippen molar-refractivity contribution in [1.29, 1.82) is 0 Å². The number of thioether (sulfide) groups is 1. The van der Waals surface area contributed by atoms with Gasteiger partial charge in [0.1, 0.15) is 0 Å². The Kier molecular flexibility index (Phi) is 7.67. The Balaban J connectivity index is 1.32. The van der Waals surface area contributed by atoms with Gasteiger partial charge in [-0.25, -0.2) is 0 Å². The van der Waals surface area contributed by atoms with E-state index in [1.54, 1.807) is 12.1 Å². The summed E-state index contributed by atoms with van der Waals surface area (Å²) < 4.78 is 0. The molecule has 2 aromatic carbocycles. The first-order valence-corrected chi connectivity index (χ1v) is 10.7. The molecule has 0 bridgehead atoms. The number of non-ortho nitro benzene ring substituents is 1. The van der Waals surface area contributed by atoms with Crippen molar-refractivity contribution in [1.82, 2.24) is 10.2 Å². The van der Waals surface area contributed by atoms with Crippen molar-refractivity contribution in [3.63, 3.8) is 0 Å². The minimum atomic E-state index is -0.459. The van der Waals surface area contributed by atoms with E-state index in [1.165, 1.54) is 29.6 Å². The summed E-state index contributed by atoms with van der Waals surface area (Å²) in [5.41, 5.74) is 1.19. The van der Waals surface area contributed by atoms with E-state index in [1.807, 2.05) is 23.1 Å². The normalized spacial score (nSPS) is 13.7. The molecule has 2 aromatic rings. The highest BCUT2D eigenvalue weighted by molar-refractivity contribution is 8.00. The minimum Gasteiger partial charge on any atom is -0.368 e. The molecule has 0 aliphatic carbocycles. The number of nitrogens with zero attached hydrogens (tertiary/aromatic N) is 3.